The van der Waals surface area contributed by atoms with E-state index in [2.05, 4.69) is 182 Å². The van der Waals surface area contributed by atoms with E-state index in [9.17, 15) is 0 Å². The Balaban J connectivity index is 1.38. The van der Waals surface area contributed by atoms with Crippen molar-refractivity contribution in [1.82, 2.24) is 0 Å². The molecule has 11 aromatic rings. The minimum atomic E-state index is 1.25. The molecule has 0 spiro atoms. The Labute approximate surface area is 312 Å². The van der Waals surface area contributed by atoms with Gasteiger partial charge in [0.05, 0.1) is 0 Å². The predicted octanol–water partition coefficient (Wildman–Crippen LogP) is 15.2. The lowest BCUT2D eigenvalue weighted by atomic mass is 9.81. The van der Waals surface area contributed by atoms with Crippen LogP contribution in [0.2, 0.25) is 0 Å². The van der Waals surface area contributed by atoms with E-state index < -0.39 is 0 Å². The molecule has 0 aromatic heterocycles. The summed E-state index contributed by atoms with van der Waals surface area (Å²) in [6.07, 6.45) is 0. The van der Waals surface area contributed by atoms with Crippen molar-refractivity contribution in [2.24, 2.45) is 0 Å². The van der Waals surface area contributed by atoms with E-state index in [1.54, 1.807) is 0 Å². The molecule has 0 aliphatic heterocycles. The van der Waals surface area contributed by atoms with Crippen LogP contribution in [0.4, 0.5) is 0 Å². The first-order valence-electron chi connectivity index (χ1n) is 19.0. The maximum Gasteiger partial charge on any atom is -0.0000469 e. The molecule has 0 radical (unpaired) electrons. The summed E-state index contributed by atoms with van der Waals surface area (Å²) in [7, 11) is 0. The third kappa shape index (κ3) is 3.40. The number of hydrogen-bond acceptors (Lipinski definition) is 0. The smallest absolute Gasteiger partial charge is 0.0000469 e. The van der Waals surface area contributed by atoms with Crippen molar-refractivity contribution in [3.63, 3.8) is 0 Å². The second-order valence-corrected chi connectivity index (χ2v) is 15.0. The summed E-state index contributed by atoms with van der Waals surface area (Å²) in [5, 5.41) is 15.9. The molecule has 246 valence electrons. The van der Waals surface area contributed by atoms with Crippen LogP contribution in [0.3, 0.4) is 0 Å². The minimum absolute atomic E-state index is 1.25. The molecule has 0 heterocycles. The van der Waals surface area contributed by atoms with E-state index >= 15 is 0 Å². The van der Waals surface area contributed by atoms with Gasteiger partial charge in [0.1, 0.15) is 0 Å². The van der Waals surface area contributed by atoms with Gasteiger partial charge in [-0.3, -0.25) is 0 Å². The molecule has 0 nitrogen and oxygen atoms in total. The van der Waals surface area contributed by atoms with E-state index in [-0.39, 0.29) is 0 Å². The maximum absolute atomic E-state index is 2.39. The summed E-state index contributed by atoms with van der Waals surface area (Å²) in [5.74, 6) is 0. The predicted molar refractivity (Wildman–Crippen MR) is 231 cm³/mol. The molecule has 0 saturated heterocycles. The number of rotatable bonds is 2. The molecule has 0 fully saturated rings. The SMILES string of the molecule is c1ccc(-c2c3c(c(-c4ccccc4)c4ccccc24)-c2c4ccccc4c4c5c(c6ccccc6c-3c25)-c2c-4c3ccccc3c3ccccc23)cc1. The van der Waals surface area contributed by atoms with Gasteiger partial charge in [0.25, 0.3) is 0 Å². The van der Waals surface area contributed by atoms with E-state index in [4.69, 9.17) is 0 Å². The van der Waals surface area contributed by atoms with Gasteiger partial charge >= 0.3 is 0 Å². The molecule has 0 unspecified atom stereocenters. The highest BCUT2D eigenvalue weighted by Gasteiger charge is 2.39. The third-order valence-corrected chi connectivity index (χ3v) is 12.5. The van der Waals surface area contributed by atoms with Crippen LogP contribution in [0.1, 0.15) is 0 Å². The van der Waals surface area contributed by atoms with Gasteiger partial charge in [-0.05, 0) is 131 Å². The summed E-state index contributed by atoms with van der Waals surface area (Å²) < 4.78 is 0. The van der Waals surface area contributed by atoms with Crippen molar-refractivity contribution in [1.29, 1.82) is 0 Å². The number of benzene rings is 11. The number of fused-ring (bicyclic) bond motifs is 18. The Hall–Kier alpha value is -7.02. The molecule has 0 atom stereocenters. The van der Waals surface area contributed by atoms with Gasteiger partial charge in [0.15, 0.2) is 0 Å². The first-order chi connectivity index (χ1) is 26.9. The molecule has 0 bridgehead atoms. The molecule has 0 heteroatoms. The second-order valence-electron chi connectivity index (χ2n) is 15.0. The largest absolute Gasteiger partial charge is 0.0622 e. The Morgan fingerprint density at radius 1 is 0.148 bits per heavy atom. The third-order valence-electron chi connectivity index (χ3n) is 12.5. The quantitative estimate of drug-likeness (QED) is 0.126. The molecule has 13 rings (SSSR count). The number of hydrogen-bond donors (Lipinski definition) is 0. The second kappa shape index (κ2) is 10.3. The summed E-state index contributed by atoms with van der Waals surface area (Å²) in [6, 6.07) is 68.0. The fourth-order valence-electron chi connectivity index (χ4n) is 10.6. The highest BCUT2D eigenvalue weighted by Crippen LogP contribution is 2.67. The fourth-order valence-corrected chi connectivity index (χ4v) is 10.6. The summed E-state index contributed by atoms with van der Waals surface area (Å²) in [6.45, 7) is 0. The highest BCUT2D eigenvalue weighted by atomic mass is 14.4. The van der Waals surface area contributed by atoms with Gasteiger partial charge in [-0.1, -0.05) is 182 Å². The molecule has 54 heavy (non-hydrogen) atoms. The molecule has 2 aliphatic carbocycles. The van der Waals surface area contributed by atoms with Crippen LogP contribution in [-0.2, 0) is 0 Å². The lowest BCUT2D eigenvalue weighted by molar-refractivity contribution is 1.63. The zero-order valence-electron chi connectivity index (χ0n) is 29.3. The Kier molecular flexibility index (Phi) is 5.45. The molecular formula is C54H30. The lowest BCUT2D eigenvalue weighted by Gasteiger charge is -2.21. The first kappa shape index (κ1) is 28.6. The minimum Gasteiger partial charge on any atom is -0.0622 e. The molecular weight excluding hydrogens is 649 g/mol. The van der Waals surface area contributed by atoms with E-state index in [1.807, 2.05) is 0 Å². The monoisotopic (exact) mass is 678 g/mol. The summed E-state index contributed by atoms with van der Waals surface area (Å²) >= 11 is 0. The maximum atomic E-state index is 2.39. The van der Waals surface area contributed by atoms with Crippen LogP contribution in [0, 0.1) is 0 Å². The zero-order chi connectivity index (χ0) is 35.1. The fraction of sp³-hybridized carbons (Fsp3) is 0. The Morgan fingerprint density at radius 3 is 0.685 bits per heavy atom. The van der Waals surface area contributed by atoms with Gasteiger partial charge in [0.2, 0.25) is 0 Å². The van der Waals surface area contributed by atoms with Crippen molar-refractivity contribution in [2.75, 3.05) is 0 Å². The highest BCUT2D eigenvalue weighted by molar-refractivity contribution is 6.46. The average molecular weight is 679 g/mol. The van der Waals surface area contributed by atoms with Crippen LogP contribution in [0.25, 0.3) is 131 Å². The van der Waals surface area contributed by atoms with Crippen LogP contribution in [0.15, 0.2) is 182 Å². The molecule has 0 N–H and O–H groups in total. The molecule has 0 amide bonds. The van der Waals surface area contributed by atoms with Crippen molar-refractivity contribution in [3.8, 4) is 66.8 Å². The van der Waals surface area contributed by atoms with Gasteiger partial charge in [-0.15, -0.1) is 0 Å². The molecule has 0 saturated carbocycles. The Morgan fingerprint density at radius 2 is 0.370 bits per heavy atom. The topological polar surface area (TPSA) is 0 Å². The van der Waals surface area contributed by atoms with Crippen LogP contribution < -0.4 is 0 Å². The van der Waals surface area contributed by atoms with Crippen molar-refractivity contribution >= 4 is 64.6 Å². The summed E-state index contributed by atoms with van der Waals surface area (Å²) in [4.78, 5) is 0. The molecule has 2 aliphatic rings. The van der Waals surface area contributed by atoms with Gasteiger partial charge in [0, 0.05) is 0 Å². The van der Waals surface area contributed by atoms with Crippen molar-refractivity contribution in [3.05, 3.63) is 182 Å². The first-order valence-corrected chi connectivity index (χ1v) is 19.0. The van der Waals surface area contributed by atoms with Gasteiger partial charge in [-0.25, -0.2) is 0 Å². The Bertz CT molecular complexity index is 3230. The average Bonchev–Trinajstić information content (AvgIpc) is 3.79. The van der Waals surface area contributed by atoms with E-state index in [0.29, 0.717) is 0 Å². The van der Waals surface area contributed by atoms with Crippen LogP contribution in [0.5, 0.6) is 0 Å². The van der Waals surface area contributed by atoms with Gasteiger partial charge in [-0.2, -0.15) is 0 Å². The van der Waals surface area contributed by atoms with E-state index in [1.165, 1.54) is 131 Å². The van der Waals surface area contributed by atoms with Crippen LogP contribution >= 0.6 is 0 Å². The normalized spacial score (nSPS) is 12.4. The van der Waals surface area contributed by atoms with Gasteiger partial charge < -0.3 is 0 Å². The lowest BCUT2D eigenvalue weighted by Crippen LogP contribution is -1.94. The van der Waals surface area contributed by atoms with Crippen molar-refractivity contribution in [2.45, 2.75) is 0 Å². The molecule has 11 aromatic carbocycles. The van der Waals surface area contributed by atoms with Crippen molar-refractivity contribution < 1.29 is 0 Å². The van der Waals surface area contributed by atoms with E-state index in [0.717, 1.165) is 0 Å². The zero-order valence-corrected chi connectivity index (χ0v) is 29.3. The standard InChI is InChI=1S/C54H30/c1-3-17-31(18-4-1)43-37-25-11-12-26-38(37)44(32-19-5-2-6-20-32)52-50-42-30-16-14-28-40(42)48-46-36-24-10-8-22-34(36)33-21-7-9-23-35(33)45(46)47-39-27-13-15-29-41(39)49(51(43)52)54(50)53(47)48/h1-30H. The van der Waals surface area contributed by atoms with Crippen LogP contribution in [-0.4, -0.2) is 0 Å². The summed E-state index contributed by atoms with van der Waals surface area (Å²) in [5.41, 5.74) is 16.1.